The van der Waals surface area contributed by atoms with Crippen molar-refractivity contribution in [3.63, 3.8) is 0 Å². The van der Waals surface area contributed by atoms with Crippen LogP contribution in [0.2, 0.25) is 0 Å². The van der Waals surface area contributed by atoms with E-state index in [0.29, 0.717) is 18.6 Å². The van der Waals surface area contributed by atoms with Crippen molar-refractivity contribution in [3.8, 4) is 11.4 Å². The summed E-state index contributed by atoms with van der Waals surface area (Å²) in [5, 5.41) is 4.46. The predicted molar refractivity (Wildman–Crippen MR) is 131 cm³/mol. The molecule has 1 atom stereocenters. The number of fused-ring (bicyclic) bond motifs is 1. The Bertz CT molecular complexity index is 1260. The summed E-state index contributed by atoms with van der Waals surface area (Å²) in [5.74, 6) is 1.39. The van der Waals surface area contributed by atoms with Crippen LogP contribution < -0.4 is 4.74 Å². The maximum atomic E-state index is 14.9. The summed E-state index contributed by atoms with van der Waals surface area (Å²) in [4.78, 5) is 12.1. The fourth-order valence-corrected chi connectivity index (χ4v) is 4.80. The Hall–Kier alpha value is -3.61. The number of hydrogen-bond acceptors (Lipinski definition) is 5. The van der Waals surface area contributed by atoms with Crippen molar-refractivity contribution in [2.24, 2.45) is 5.16 Å². The number of oxime groups is 1. The number of benzene rings is 2. The molecule has 1 saturated heterocycles. The molecule has 3 aromatic rings. The Balaban J connectivity index is 1.48. The van der Waals surface area contributed by atoms with E-state index in [0.717, 1.165) is 59.1 Å². The highest BCUT2D eigenvalue weighted by Crippen LogP contribution is 2.35. The average molecular weight is 461 g/mol. The van der Waals surface area contributed by atoms with E-state index in [9.17, 15) is 4.39 Å². The summed E-state index contributed by atoms with van der Waals surface area (Å²) >= 11 is 0. The van der Waals surface area contributed by atoms with Crippen LogP contribution in [0.5, 0.6) is 5.75 Å². The van der Waals surface area contributed by atoms with E-state index in [4.69, 9.17) is 9.57 Å². The van der Waals surface area contributed by atoms with Crippen LogP contribution in [-0.4, -0.2) is 40.5 Å². The molecule has 6 nitrogen and oxygen atoms in total. The summed E-state index contributed by atoms with van der Waals surface area (Å²) in [5.41, 5.74) is 5.59. The smallest absolute Gasteiger partial charge is 0.171 e. The number of halogens is 1. The number of hydrogen-bond donors (Lipinski definition) is 0. The van der Waals surface area contributed by atoms with Crippen LogP contribution in [0.3, 0.4) is 0 Å². The molecule has 2 aliphatic heterocycles. The van der Waals surface area contributed by atoms with Gasteiger partial charge in [-0.3, -0.25) is 0 Å². The van der Waals surface area contributed by atoms with Crippen molar-refractivity contribution in [1.29, 1.82) is 0 Å². The molecule has 0 bridgehead atoms. The van der Waals surface area contributed by atoms with Gasteiger partial charge in [-0.25, -0.2) is 9.37 Å². The lowest BCUT2D eigenvalue weighted by molar-refractivity contribution is 0.140. The molecule has 3 heterocycles. The van der Waals surface area contributed by atoms with Gasteiger partial charge in [-0.1, -0.05) is 23.4 Å². The van der Waals surface area contributed by atoms with E-state index in [1.54, 1.807) is 19.5 Å². The highest BCUT2D eigenvalue weighted by atomic mass is 19.1. The van der Waals surface area contributed by atoms with Crippen LogP contribution in [-0.2, 0) is 4.84 Å². The molecular weight excluding hydrogens is 431 g/mol. The van der Waals surface area contributed by atoms with Gasteiger partial charge < -0.3 is 19.0 Å². The Morgan fingerprint density at radius 2 is 2.06 bits per heavy atom. The molecule has 1 fully saturated rings. The first-order valence-electron chi connectivity index (χ1n) is 11.7. The number of rotatable bonds is 4. The second kappa shape index (κ2) is 9.33. The molecular formula is C27H29FN4O2. The van der Waals surface area contributed by atoms with Crippen molar-refractivity contribution in [2.75, 3.05) is 20.3 Å². The third-order valence-corrected chi connectivity index (χ3v) is 6.46. The second-order valence-corrected chi connectivity index (χ2v) is 8.90. The van der Waals surface area contributed by atoms with E-state index >= 15 is 0 Å². The first-order chi connectivity index (χ1) is 16.5. The van der Waals surface area contributed by atoms with Gasteiger partial charge in [0.2, 0.25) is 0 Å². The van der Waals surface area contributed by atoms with Gasteiger partial charge in [0.1, 0.15) is 18.2 Å². The number of nitrogens with zero attached hydrogens (tertiary/aromatic N) is 4. The largest absolute Gasteiger partial charge is 0.495 e. The van der Waals surface area contributed by atoms with Gasteiger partial charge in [-0.05, 0) is 67.7 Å². The Morgan fingerprint density at radius 3 is 2.82 bits per heavy atom. The molecule has 0 amide bonds. The maximum Gasteiger partial charge on any atom is 0.171 e. The fourth-order valence-electron chi connectivity index (χ4n) is 4.80. The third-order valence-electron chi connectivity index (χ3n) is 6.46. The van der Waals surface area contributed by atoms with Gasteiger partial charge in [-0.2, -0.15) is 0 Å². The Kier molecular flexibility index (Phi) is 6.09. The van der Waals surface area contributed by atoms with Crippen LogP contribution in [0.4, 0.5) is 4.39 Å². The SMILES string of the molecule is COc1cc(/C=C2\CCCN3C2=NOCC[C@H]3c2ccc(C)cc2F)ccc1-n1cnc(C)c1. The van der Waals surface area contributed by atoms with E-state index in [1.165, 1.54) is 0 Å². The predicted octanol–water partition coefficient (Wildman–Crippen LogP) is 5.59. The van der Waals surface area contributed by atoms with E-state index in [-0.39, 0.29) is 11.9 Å². The number of ether oxygens (including phenoxy) is 1. The number of methoxy groups -OCH3 is 1. The lowest BCUT2D eigenvalue weighted by atomic mass is 9.94. The van der Waals surface area contributed by atoms with Gasteiger partial charge in [0.05, 0.1) is 30.9 Å². The summed E-state index contributed by atoms with van der Waals surface area (Å²) in [7, 11) is 1.67. The third kappa shape index (κ3) is 4.30. The molecule has 0 aliphatic carbocycles. The quantitative estimate of drug-likeness (QED) is 0.509. The average Bonchev–Trinajstić information content (AvgIpc) is 3.14. The van der Waals surface area contributed by atoms with Crippen molar-refractivity contribution in [1.82, 2.24) is 14.5 Å². The summed E-state index contributed by atoms with van der Waals surface area (Å²) in [6.07, 6.45) is 8.43. The van der Waals surface area contributed by atoms with Gasteiger partial charge in [0, 0.05) is 24.7 Å². The van der Waals surface area contributed by atoms with E-state index in [2.05, 4.69) is 27.2 Å². The number of imidazole rings is 1. The zero-order chi connectivity index (χ0) is 23.7. The summed E-state index contributed by atoms with van der Waals surface area (Å²) in [6.45, 7) is 5.14. The molecule has 176 valence electrons. The number of aryl methyl sites for hydroxylation is 2. The maximum absolute atomic E-state index is 14.9. The molecule has 5 rings (SSSR count). The van der Waals surface area contributed by atoms with Crippen LogP contribution >= 0.6 is 0 Å². The lowest BCUT2D eigenvalue weighted by Gasteiger charge is -2.36. The molecule has 0 N–H and O–H groups in total. The highest BCUT2D eigenvalue weighted by Gasteiger charge is 2.32. The van der Waals surface area contributed by atoms with Gasteiger partial charge in [-0.15, -0.1) is 0 Å². The number of amidine groups is 1. The van der Waals surface area contributed by atoms with E-state index < -0.39 is 0 Å². The van der Waals surface area contributed by atoms with Gasteiger partial charge in [0.25, 0.3) is 0 Å². The molecule has 1 aromatic heterocycles. The molecule has 2 aromatic carbocycles. The topological polar surface area (TPSA) is 51.9 Å². The van der Waals surface area contributed by atoms with Crippen molar-refractivity contribution in [2.45, 2.75) is 39.2 Å². The summed E-state index contributed by atoms with van der Waals surface area (Å²) in [6, 6.07) is 11.5. The monoisotopic (exact) mass is 460 g/mol. The molecule has 34 heavy (non-hydrogen) atoms. The lowest BCUT2D eigenvalue weighted by Crippen LogP contribution is -2.39. The highest BCUT2D eigenvalue weighted by molar-refractivity contribution is 6.02. The molecule has 2 aliphatic rings. The zero-order valence-electron chi connectivity index (χ0n) is 19.8. The Morgan fingerprint density at radius 1 is 1.18 bits per heavy atom. The summed E-state index contributed by atoms with van der Waals surface area (Å²) < 4.78 is 22.5. The molecule has 0 unspecified atom stereocenters. The van der Waals surface area contributed by atoms with Gasteiger partial charge in [0.15, 0.2) is 5.84 Å². The normalized spacial score (nSPS) is 19.3. The fraction of sp³-hybridized carbons (Fsp3) is 0.333. The van der Waals surface area contributed by atoms with Crippen molar-refractivity contribution in [3.05, 3.63) is 82.7 Å². The minimum absolute atomic E-state index is 0.105. The van der Waals surface area contributed by atoms with Crippen LogP contribution in [0.25, 0.3) is 11.8 Å². The van der Waals surface area contributed by atoms with E-state index in [1.807, 2.05) is 48.9 Å². The second-order valence-electron chi connectivity index (χ2n) is 8.90. The zero-order valence-corrected chi connectivity index (χ0v) is 19.8. The van der Waals surface area contributed by atoms with Crippen LogP contribution in [0.1, 0.15) is 47.7 Å². The van der Waals surface area contributed by atoms with Gasteiger partial charge >= 0.3 is 0 Å². The first kappa shape index (κ1) is 22.2. The minimum atomic E-state index is -0.169. The van der Waals surface area contributed by atoms with Crippen molar-refractivity contribution < 1.29 is 14.0 Å². The standard InChI is InChI=1S/C27H29FN4O2/c1-18-6-8-22(23(28)13-18)24-10-12-34-30-27-21(5-4-11-32(24)27)14-20-7-9-25(26(15-20)33-3)31-16-19(2)29-17-31/h6-9,13-17,24H,4-5,10-12H2,1-3H3/b21-14+/t24-/m0/s1. The van der Waals surface area contributed by atoms with Crippen molar-refractivity contribution >= 4 is 11.9 Å². The Labute approximate surface area is 199 Å². The molecule has 0 saturated carbocycles. The number of piperidine rings is 1. The molecule has 0 spiro atoms. The number of aromatic nitrogens is 2. The van der Waals surface area contributed by atoms with Crippen LogP contribution in [0.15, 0.2) is 59.7 Å². The van der Waals surface area contributed by atoms with Crippen LogP contribution in [0, 0.1) is 19.7 Å². The molecule has 0 radical (unpaired) electrons. The minimum Gasteiger partial charge on any atom is -0.495 e. The molecule has 7 heteroatoms. The first-order valence-corrected chi connectivity index (χ1v) is 11.7.